The van der Waals surface area contributed by atoms with Crippen molar-refractivity contribution in [3.05, 3.63) is 69.3 Å². The normalized spacial score (nSPS) is 9.71. The lowest BCUT2D eigenvalue weighted by Gasteiger charge is -2.06. The van der Waals surface area contributed by atoms with Crippen molar-refractivity contribution in [1.82, 2.24) is 5.32 Å². The van der Waals surface area contributed by atoms with Crippen molar-refractivity contribution in [1.29, 1.82) is 0 Å². The van der Waals surface area contributed by atoms with E-state index in [4.69, 9.17) is 0 Å². The fourth-order valence-electron chi connectivity index (χ4n) is 1.58. The molecule has 2 aromatic rings. The Morgan fingerprint density at radius 3 is 2.18 bits per heavy atom. The van der Waals surface area contributed by atoms with Crippen LogP contribution in [-0.2, 0) is 13.1 Å². The molecule has 90 valence electrons. The van der Waals surface area contributed by atoms with Gasteiger partial charge in [-0.3, -0.25) is 0 Å². The average Bonchev–Trinajstić information content (AvgIpc) is 2.33. The van der Waals surface area contributed by atoms with E-state index in [-0.39, 0.29) is 12.4 Å². The summed E-state index contributed by atoms with van der Waals surface area (Å²) in [6.07, 6.45) is 0. The summed E-state index contributed by atoms with van der Waals surface area (Å²) in [6.45, 7) is 1.85. The molecule has 0 atom stereocenters. The highest BCUT2D eigenvalue weighted by molar-refractivity contribution is 14.1. The van der Waals surface area contributed by atoms with E-state index >= 15 is 0 Å². The molecular formula is C14H15ClIN. The number of hydrogen-bond donors (Lipinski definition) is 1. The average molecular weight is 360 g/mol. The summed E-state index contributed by atoms with van der Waals surface area (Å²) < 4.78 is 1.32. The lowest BCUT2D eigenvalue weighted by Crippen LogP contribution is -2.13. The van der Waals surface area contributed by atoms with Gasteiger partial charge in [-0.2, -0.15) is 0 Å². The SMILES string of the molecule is Cl.Ic1ccccc1CNCc1ccccc1. The van der Waals surface area contributed by atoms with Gasteiger partial charge >= 0.3 is 0 Å². The van der Waals surface area contributed by atoms with Gasteiger partial charge in [-0.25, -0.2) is 0 Å². The molecule has 0 heterocycles. The zero-order chi connectivity index (χ0) is 11.2. The van der Waals surface area contributed by atoms with Crippen molar-refractivity contribution in [3.8, 4) is 0 Å². The zero-order valence-corrected chi connectivity index (χ0v) is 12.4. The Kier molecular flexibility index (Phi) is 6.55. The van der Waals surface area contributed by atoms with E-state index in [9.17, 15) is 0 Å². The van der Waals surface area contributed by atoms with Crippen LogP contribution in [0, 0.1) is 3.57 Å². The second-order valence-corrected chi connectivity index (χ2v) is 4.84. The topological polar surface area (TPSA) is 12.0 Å². The summed E-state index contributed by atoms with van der Waals surface area (Å²) in [7, 11) is 0. The molecule has 0 aliphatic carbocycles. The lowest BCUT2D eigenvalue weighted by molar-refractivity contribution is 0.691. The molecule has 0 saturated heterocycles. The minimum atomic E-state index is 0. The summed E-state index contributed by atoms with van der Waals surface area (Å²) in [5, 5.41) is 3.45. The highest BCUT2D eigenvalue weighted by atomic mass is 127. The highest BCUT2D eigenvalue weighted by Gasteiger charge is 1.97. The molecule has 1 N–H and O–H groups in total. The molecule has 0 saturated carbocycles. The van der Waals surface area contributed by atoms with Gasteiger partial charge in [-0.1, -0.05) is 48.5 Å². The summed E-state index contributed by atoms with van der Waals surface area (Å²) in [4.78, 5) is 0. The van der Waals surface area contributed by atoms with Crippen LogP contribution < -0.4 is 5.32 Å². The summed E-state index contributed by atoms with van der Waals surface area (Å²) in [5.41, 5.74) is 2.69. The third-order valence-corrected chi connectivity index (χ3v) is 3.50. The van der Waals surface area contributed by atoms with Crippen LogP contribution in [0.15, 0.2) is 54.6 Å². The van der Waals surface area contributed by atoms with Crippen LogP contribution >= 0.6 is 35.0 Å². The number of hydrogen-bond acceptors (Lipinski definition) is 1. The number of nitrogens with one attached hydrogen (secondary N) is 1. The lowest BCUT2D eigenvalue weighted by atomic mass is 10.2. The first-order valence-electron chi connectivity index (χ1n) is 5.34. The third-order valence-electron chi connectivity index (χ3n) is 2.45. The second kappa shape index (κ2) is 7.69. The minimum Gasteiger partial charge on any atom is -0.309 e. The first kappa shape index (κ1) is 14.5. The van der Waals surface area contributed by atoms with Crippen LogP contribution in [0.3, 0.4) is 0 Å². The van der Waals surface area contributed by atoms with Gasteiger partial charge in [0, 0.05) is 16.7 Å². The molecule has 0 amide bonds. The number of rotatable bonds is 4. The molecule has 0 aliphatic heterocycles. The molecule has 0 fully saturated rings. The Bertz CT molecular complexity index is 445. The van der Waals surface area contributed by atoms with E-state index in [2.05, 4.69) is 76.4 Å². The predicted molar refractivity (Wildman–Crippen MR) is 83.4 cm³/mol. The predicted octanol–water partition coefficient (Wildman–Crippen LogP) is 4.00. The van der Waals surface area contributed by atoms with Gasteiger partial charge < -0.3 is 5.32 Å². The van der Waals surface area contributed by atoms with Crippen molar-refractivity contribution in [2.45, 2.75) is 13.1 Å². The summed E-state index contributed by atoms with van der Waals surface area (Å²) in [6, 6.07) is 18.9. The minimum absolute atomic E-state index is 0. The van der Waals surface area contributed by atoms with Crippen LogP contribution in [-0.4, -0.2) is 0 Å². The first-order chi connectivity index (χ1) is 7.86. The van der Waals surface area contributed by atoms with Crippen LogP contribution in [0.5, 0.6) is 0 Å². The zero-order valence-electron chi connectivity index (χ0n) is 9.40. The maximum absolute atomic E-state index is 3.45. The monoisotopic (exact) mass is 359 g/mol. The van der Waals surface area contributed by atoms with Gasteiger partial charge in [0.2, 0.25) is 0 Å². The first-order valence-corrected chi connectivity index (χ1v) is 6.42. The van der Waals surface area contributed by atoms with E-state index in [1.54, 1.807) is 0 Å². The van der Waals surface area contributed by atoms with Crippen molar-refractivity contribution in [2.75, 3.05) is 0 Å². The molecule has 2 rings (SSSR count). The Morgan fingerprint density at radius 1 is 0.824 bits per heavy atom. The third kappa shape index (κ3) is 4.66. The molecule has 0 spiro atoms. The summed E-state index contributed by atoms with van der Waals surface area (Å²) >= 11 is 2.37. The number of halogens is 2. The van der Waals surface area contributed by atoms with Gasteiger partial charge in [-0.15, -0.1) is 12.4 Å². The molecule has 0 aliphatic rings. The Labute approximate surface area is 122 Å². The van der Waals surface area contributed by atoms with Crippen molar-refractivity contribution in [3.63, 3.8) is 0 Å². The maximum atomic E-state index is 3.45. The molecule has 3 heteroatoms. The molecule has 1 nitrogen and oxygen atoms in total. The maximum Gasteiger partial charge on any atom is 0.0219 e. The van der Waals surface area contributed by atoms with Gasteiger partial charge in [0.25, 0.3) is 0 Å². The largest absolute Gasteiger partial charge is 0.309 e. The van der Waals surface area contributed by atoms with E-state index < -0.39 is 0 Å². The van der Waals surface area contributed by atoms with Gasteiger partial charge in [-0.05, 0) is 39.8 Å². The van der Waals surface area contributed by atoms with Crippen molar-refractivity contribution >= 4 is 35.0 Å². The summed E-state index contributed by atoms with van der Waals surface area (Å²) in [5.74, 6) is 0. The molecule has 0 aromatic heterocycles. The Morgan fingerprint density at radius 2 is 1.47 bits per heavy atom. The smallest absolute Gasteiger partial charge is 0.0219 e. The van der Waals surface area contributed by atoms with Crippen LogP contribution in [0.25, 0.3) is 0 Å². The van der Waals surface area contributed by atoms with Gasteiger partial charge in [0.15, 0.2) is 0 Å². The van der Waals surface area contributed by atoms with Gasteiger partial charge in [0.1, 0.15) is 0 Å². The van der Waals surface area contributed by atoms with Crippen LogP contribution in [0.2, 0.25) is 0 Å². The molecule has 0 radical (unpaired) electrons. The second-order valence-electron chi connectivity index (χ2n) is 3.68. The Balaban J connectivity index is 0.00000144. The molecule has 0 unspecified atom stereocenters. The van der Waals surface area contributed by atoms with E-state index in [0.29, 0.717) is 0 Å². The van der Waals surface area contributed by atoms with E-state index in [1.807, 2.05) is 6.07 Å². The fourth-order valence-corrected chi connectivity index (χ4v) is 2.16. The standard InChI is InChI=1S/C14H14IN.ClH/c15-14-9-5-4-8-13(14)11-16-10-12-6-2-1-3-7-12;/h1-9,16H,10-11H2;1H. The quantitative estimate of drug-likeness (QED) is 0.814. The highest BCUT2D eigenvalue weighted by Crippen LogP contribution is 2.11. The van der Waals surface area contributed by atoms with E-state index in [0.717, 1.165) is 13.1 Å². The van der Waals surface area contributed by atoms with Crippen molar-refractivity contribution < 1.29 is 0 Å². The van der Waals surface area contributed by atoms with E-state index in [1.165, 1.54) is 14.7 Å². The molecule has 17 heavy (non-hydrogen) atoms. The Hall–Kier alpha value is -0.580. The number of benzene rings is 2. The molecule has 2 aromatic carbocycles. The molecular weight excluding hydrogens is 345 g/mol. The molecule has 0 bridgehead atoms. The fraction of sp³-hybridized carbons (Fsp3) is 0.143. The van der Waals surface area contributed by atoms with Crippen LogP contribution in [0.1, 0.15) is 11.1 Å². The van der Waals surface area contributed by atoms with Crippen molar-refractivity contribution in [2.24, 2.45) is 0 Å². The van der Waals surface area contributed by atoms with Crippen LogP contribution in [0.4, 0.5) is 0 Å². The van der Waals surface area contributed by atoms with Gasteiger partial charge in [0.05, 0.1) is 0 Å².